The van der Waals surface area contributed by atoms with Gasteiger partial charge in [0, 0.05) is 31.9 Å². The second kappa shape index (κ2) is 8.33. The largest absolute Gasteiger partial charge is 0.473 e. The number of urea groups is 1. The number of hydrogen-bond donors (Lipinski definition) is 1. The van der Waals surface area contributed by atoms with Crippen LogP contribution in [0.5, 0.6) is 5.75 Å². The maximum atomic E-state index is 12.4. The molecule has 144 valence electrons. The van der Waals surface area contributed by atoms with Gasteiger partial charge in [-0.15, -0.1) is 0 Å². The van der Waals surface area contributed by atoms with E-state index in [0.717, 1.165) is 24.4 Å². The summed E-state index contributed by atoms with van der Waals surface area (Å²) in [6.07, 6.45) is 0. The topological polar surface area (TPSA) is 44.8 Å². The molecule has 1 aliphatic heterocycles. The Morgan fingerprint density at radius 3 is 2.26 bits per heavy atom. The van der Waals surface area contributed by atoms with Crippen LogP contribution in [0.15, 0.2) is 36.4 Å². The minimum absolute atomic E-state index is 0.0686. The molecule has 0 saturated carbocycles. The fraction of sp³-hybridized carbons (Fsp3) is 0.409. The second-order valence-electron chi connectivity index (χ2n) is 7.16. The lowest BCUT2D eigenvalue weighted by molar-refractivity contribution is 0.181. The molecule has 2 aromatic rings. The molecule has 1 fully saturated rings. The second-order valence-corrected chi connectivity index (χ2v) is 7.16. The van der Waals surface area contributed by atoms with Crippen LogP contribution in [0.25, 0.3) is 0 Å². The van der Waals surface area contributed by atoms with Gasteiger partial charge in [-0.05, 0) is 62.1 Å². The molecule has 2 amide bonds. The highest BCUT2D eigenvalue weighted by Gasteiger charge is 2.22. The number of nitrogens with one attached hydrogen (secondary N) is 1. The van der Waals surface area contributed by atoms with Crippen LogP contribution in [0.3, 0.4) is 0 Å². The molecule has 0 aromatic heterocycles. The first-order valence-corrected chi connectivity index (χ1v) is 9.50. The van der Waals surface area contributed by atoms with Gasteiger partial charge in [0.15, 0.2) is 6.73 Å². The highest BCUT2D eigenvalue weighted by molar-refractivity contribution is 5.74. The summed E-state index contributed by atoms with van der Waals surface area (Å²) in [7, 11) is 0. The Bertz CT molecular complexity index is 811. The van der Waals surface area contributed by atoms with Crippen LogP contribution in [-0.2, 0) is 0 Å². The summed E-state index contributed by atoms with van der Waals surface area (Å²) in [5, 5.41) is 2.87. The number of ether oxygens (including phenoxy) is 1. The maximum absolute atomic E-state index is 12.4. The molecule has 1 aliphatic rings. The first-order valence-electron chi connectivity index (χ1n) is 9.50. The predicted octanol–water partition coefficient (Wildman–Crippen LogP) is 3.79. The molecule has 1 heterocycles. The van der Waals surface area contributed by atoms with Gasteiger partial charge in [0.2, 0.25) is 0 Å². The molecule has 2 aromatic carbocycles. The van der Waals surface area contributed by atoms with Gasteiger partial charge in [0.25, 0.3) is 0 Å². The standard InChI is InChI=1S/C22H29N3O2/c1-16-7-5-9-20(18(16)3)24-11-13-25(14-12-24)22(26)23-15-27-21-10-6-8-17(2)19(21)4/h5-10H,11-15H2,1-4H3,(H,23,26). The highest BCUT2D eigenvalue weighted by Crippen LogP contribution is 2.24. The Balaban J connectivity index is 1.48. The Labute approximate surface area is 161 Å². The normalized spacial score (nSPS) is 14.2. The molecule has 27 heavy (non-hydrogen) atoms. The molecular weight excluding hydrogens is 338 g/mol. The van der Waals surface area contributed by atoms with E-state index >= 15 is 0 Å². The van der Waals surface area contributed by atoms with E-state index in [-0.39, 0.29) is 12.8 Å². The van der Waals surface area contributed by atoms with E-state index in [0.29, 0.717) is 13.1 Å². The summed E-state index contributed by atoms with van der Waals surface area (Å²) >= 11 is 0. The van der Waals surface area contributed by atoms with Crippen molar-refractivity contribution < 1.29 is 9.53 Å². The Morgan fingerprint density at radius 1 is 0.926 bits per heavy atom. The molecule has 5 heteroatoms. The smallest absolute Gasteiger partial charge is 0.320 e. The monoisotopic (exact) mass is 367 g/mol. The lowest BCUT2D eigenvalue weighted by Gasteiger charge is -2.37. The number of benzene rings is 2. The molecule has 1 saturated heterocycles. The summed E-state index contributed by atoms with van der Waals surface area (Å²) in [6.45, 7) is 11.7. The molecule has 1 N–H and O–H groups in total. The molecule has 0 unspecified atom stereocenters. The number of hydrogen-bond acceptors (Lipinski definition) is 3. The van der Waals surface area contributed by atoms with E-state index in [4.69, 9.17) is 4.74 Å². The van der Waals surface area contributed by atoms with Crippen LogP contribution in [-0.4, -0.2) is 43.8 Å². The van der Waals surface area contributed by atoms with Gasteiger partial charge in [-0.3, -0.25) is 0 Å². The molecule has 0 atom stereocenters. The SMILES string of the molecule is Cc1cccc(OCNC(=O)N2CCN(c3cccc(C)c3C)CC2)c1C. The van der Waals surface area contributed by atoms with Gasteiger partial charge in [0.1, 0.15) is 5.75 Å². The van der Waals surface area contributed by atoms with E-state index in [9.17, 15) is 4.79 Å². The van der Waals surface area contributed by atoms with Crippen molar-refractivity contribution in [3.05, 3.63) is 58.7 Å². The van der Waals surface area contributed by atoms with E-state index in [1.165, 1.54) is 22.4 Å². The number of amides is 2. The van der Waals surface area contributed by atoms with Gasteiger partial charge in [0.05, 0.1) is 0 Å². The zero-order valence-corrected chi connectivity index (χ0v) is 16.7. The van der Waals surface area contributed by atoms with Crippen LogP contribution in [0.2, 0.25) is 0 Å². The number of anilines is 1. The quantitative estimate of drug-likeness (QED) is 0.837. The Morgan fingerprint density at radius 2 is 1.56 bits per heavy atom. The highest BCUT2D eigenvalue weighted by atomic mass is 16.5. The number of piperazine rings is 1. The molecule has 5 nitrogen and oxygen atoms in total. The fourth-order valence-electron chi connectivity index (χ4n) is 3.40. The summed E-state index contributed by atoms with van der Waals surface area (Å²) < 4.78 is 5.73. The first kappa shape index (κ1) is 19.1. The molecule has 0 spiro atoms. The predicted molar refractivity (Wildman–Crippen MR) is 110 cm³/mol. The van der Waals surface area contributed by atoms with Crippen LogP contribution in [0.4, 0.5) is 10.5 Å². The van der Waals surface area contributed by atoms with Gasteiger partial charge >= 0.3 is 6.03 Å². The first-order chi connectivity index (χ1) is 13.0. The van der Waals surface area contributed by atoms with Gasteiger partial charge in [-0.2, -0.15) is 0 Å². The molecular formula is C22H29N3O2. The lowest BCUT2D eigenvalue weighted by atomic mass is 10.1. The van der Waals surface area contributed by atoms with Crippen molar-refractivity contribution in [1.82, 2.24) is 10.2 Å². The number of carbonyl (C=O) groups is 1. The summed E-state index contributed by atoms with van der Waals surface area (Å²) in [5.74, 6) is 0.815. The van der Waals surface area contributed by atoms with E-state index in [1.807, 2.05) is 24.0 Å². The van der Waals surface area contributed by atoms with E-state index in [1.54, 1.807) is 0 Å². The maximum Gasteiger partial charge on any atom is 0.320 e. The Kier molecular flexibility index (Phi) is 5.89. The molecule has 3 rings (SSSR count). The van der Waals surface area contributed by atoms with Crippen LogP contribution < -0.4 is 15.0 Å². The lowest BCUT2D eigenvalue weighted by Crippen LogP contribution is -2.52. The van der Waals surface area contributed by atoms with E-state index in [2.05, 4.69) is 55.3 Å². The number of carbonyl (C=O) groups excluding carboxylic acids is 1. The zero-order chi connectivity index (χ0) is 19.4. The van der Waals surface area contributed by atoms with Crippen LogP contribution >= 0.6 is 0 Å². The average molecular weight is 367 g/mol. The van der Waals surface area contributed by atoms with Gasteiger partial charge in [-0.1, -0.05) is 24.3 Å². The molecule has 0 aliphatic carbocycles. The van der Waals surface area contributed by atoms with Crippen LogP contribution in [0, 0.1) is 27.7 Å². The third-order valence-corrected chi connectivity index (χ3v) is 5.49. The minimum atomic E-state index is -0.0686. The third-order valence-electron chi connectivity index (χ3n) is 5.49. The number of nitrogens with zero attached hydrogens (tertiary/aromatic N) is 2. The van der Waals surface area contributed by atoms with Crippen molar-refractivity contribution >= 4 is 11.7 Å². The summed E-state index contributed by atoms with van der Waals surface area (Å²) in [5.41, 5.74) is 6.18. The van der Waals surface area contributed by atoms with Gasteiger partial charge < -0.3 is 19.9 Å². The average Bonchev–Trinajstić information content (AvgIpc) is 2.67. The third kappa shape index (κ3) is 4.35. The van der Waals surface area contributed by atoms with Crippen molar-refractivity contribution in [1.29, 1.82) is 0 Å². The minimum Gasteiger partial charge on any atom is -0.473 e. The number of aryl methyl sites for hydroxylation is 2. The number of rotatable bonds is 4. The van der Waals surface area contributed by atoms with Crippen molar-refractivity contribution in [2.45, 2.75) is 27.7 Å². The summed E-state index contributed by atoms with van der Waals surface area (Å²) in [4.78, 5) is 16.6. The molecule has 0 radical (unpaired) electrons. The Hall–Kier alpha value is -2.69. The van der Waals surface area contributed by atoms with Crippen molar-refractivity contribution in [2.24, 2.45) is 0 Å². The summed E-state index contributed by atoms with van der Waals surface area (Å²) in [6, 6.07) is 12.3. The molecule has 0 bridgehead atoms. The van der Waals surface area contributed by atoms with Crippen molar-refractivity contribution in [2.75, 3.05) is 37.8 Å². The fourth-order valence-corrected chi connectivity index (χ4v) is 3.40. The van der Waals surface area contributed by atoms with Gasteiger partial charge in [-0.25, -0.2) is 4.79 Å². The van der Waals surface area contributed by atoms with E-state index < -0.39 is 0 Å². The zero-order valence-electron chi connectivity index (χ0n) is 16.7. The van der Waals surface area contributed by atoms with Crippen molar-refractivity contribution in [3.63, 3.8) is 0 Å². The van der Waals surface area contributed by atoms with Crippen molar-refractivity contribution in [3.8, 4) is 5.75 Å². The van der Waals surface area contributed by atoms with Crippen LogP contribution in [0.1, 0.15) is 22.3 Å².